The van der Waals surface area contributed by atoms with Crippen molar-refractivity contribution in [1.29, 1.82) is 0 Å². The lowest BCUT2D eigenvalue weighted by Gasteiger charge is -2.25. The van der Waals surface area contributed by atoms with Gasteiger partial charge in [-0.3, -0.25) is 19.2 Å². The van der Waals surface area contributed by atoms with Gasteiger partial charge in [0, 0.05) is 17.7 Å². The monoisotopic (exact) mass is 548 g/mol. The first-order valence-corrected chi connectivity index (χ1v) is 13.0. The van der Waals surface area contributed by atoms with Gasteiger partial charge < -0.3 is 9.15 Å². The minimum absolute atomic E-state index is 0.0132. The predicted molar refractivity (Wildman–Crippen MR) is 145 cm³/mol. The molecule has 0 radical (unpaired) electrons. The minimum atomic E-state index is -4.13. The molecule has 4 rings (SSSR count). The van der Waals surface area contributed by atoms with Gasteiger partial charge in [-0.25, -0.2) is 13.8 Å². The maximum Gasteiger partial charge on any atom is 0.269 e. The normalized spacial score (nSPS) is 11.3. The highest BCUT2D eigenvalue weighted by atomic mass is 32.2. The second-order valence-electron chi connectivity index (χ2n) is 8.30. The molecule has 11 nitrogen and oxygen atoms in total. The lowest BCUT2D eigenvalue weighted by atomic mass is 10.1. The summed E-state index contributed by atoms with van der Waals surface area (Å²) in [4.78, 5) is 23.2. The molecule has 0 fully saturated rings. The summed E-state index contributed by atoms with van der Waals surface area (Å²) >= 11 is 0. The van der Waals surface area contributed by atoms with Crippen LogP contribution in [0.4, 0.5) is 11.4 Å². The van der Waals surface area contributed by atoms with Crippen LogP contribution in [0.15, 0.2) is 99.3 Å². The minimum Gasteiger partial charge on any atom is -0.495 e. The van der Waals surface area contributed by atoms with Gasteiger partial charge in [-0.05, 0) is 61.0 Å². The molecule has 0 atom stereocenters. The van der Waals surface area contributed by atoms with Gasteiger partial charge in [-0.1, -0.05) is 24.3 Å². The molecule has 0 aliphatic heterocycles. The van der Waals surface area contributed by atoms with Crippen LogP contribution in [-0.4, -0.2) is 39.1 Å². The maximum atomic E-state index is 13.5. The molecule has 0 aliphatic carbocycles. The fourth-order valence-corrected chi connectivity index (χ4v) is 5.12. The summed E-state index contributed by atoms with van der Waals surface area (Å²) in [5, 5.41) is 14.7. The Morgan fingerprint density at radius 1 is 1.08 bits per heavy atom. The van der Waals surface area contributed by atoms with Crippen molar-refractivity contribution >= 4 is 33.5 Å². The predicted octanol–water partition coefficient (Wildman–Crippen LogP) is 4.52. The van der Waals surface area contributed by atoms with Gasteiger partial charge in [0.05, 0.1) is 28.8 Å². The number of sulfonamides is 1. The van der Waals surface area contributed by atoms with Crippen LogP contribution in [0.1, 0.15) is 11.3 Å². The Bertz CT molecular complexity index is 1620. The van der Waals surface area contributed by atoms with Crippen molar-refractivity contribution in [3.63, 3.8) is 0 Å². The van der Waals surface area contributed by atoms with E-state index >= 15 is 0 Å². The van der Waals surface area contributed by atoms with Gasteiger partial charge in [0.2, 0.25) is 0 Å². The number of aryl methyl sites for hydroxylation is 1. The number of nitrogens with one attached hydrogen (secondary N) is 1. The van der Waals surface area contributed by atoms with E-state index in [2.05, 4.69) is 10.5 Å². The number of hydrazone groups is 1. The van der Waals surface area contributed by atoms with Gasteiger partial charge in [-0.15, -0.1) is 0 Å². The zero-order chi connectivity index (χ0) is 28.0. The van der Waals surface area contributed by atoms with Crippen LogP contribution >= 0.6 is 0 Å². The standard InChI is InChI=1S/C27H24N4O7S/c1-19-8-14-26(37-2)24(16-19)30(39(35,36)23-6-4-3-5-7-23)18-27(32)29-28-17-22-13-15-25(38-22)20-9-11-21(12-10-20)31(33)34/h3-17H,18H2,1-2H3,(H,29,32)/b28-17-. The fourth-order valence-electron chi connectivity index (χ4n) is 3.67. The molecule has 12 heteroatoms. The zero-order valence-electron chi connectivity index (χ0n) is 21.0. The van der Waals surface area contributed by atoms with Crippen LogP contribution in [0.3, 0.4) is 0 Å². The lowest BCUT2D eigenvalue weighted by Crippen LogP contribution is -2.39. The molecule has 1 heterocycles. The van der Waals surface area contributed by atoms with Crippen molar-refractivity contribution in [1.82, 2.24) is 5.43 Å². The Morgan fingerprint density at radius 3 is 2.46 bits per heavy atom. The quantitative estimate of drug-likeness (QED) is 0.174. The van der Waals surface area contributed by atoms with Crippen molar-refractivity contribution < 1.29 is 27.3 Å². The SMILES string of the molecule is COc1ccc(C)cc1N(CC(=O)N/N=C\c1ccc(-c2ccc([N+](=O)[O-])cc2)o1)S(=O)(=O)c1ccccc1. The summed E-state index contributed by atoms with van der Waals surface area (Å²) in [5.41, 5.74) is 3.89. The Morgan fingerprint density at radius 2 is 1.79 bits per heavy atom. The van der Waals surface area contributed by atoms with Crippen LogP contribution in [0.25, 0.3) is 11.3 Å². The van der Waals surface area contributed by atoms with Gasteiger partial charge in [0.25, 0.3) is 21.6 Å². The third-order valence-corrected chi connectivity index (χ3v) is 7.37. The molecule has 1 N–H and O–H groups in total. The van der Waals surface area contributed by atoms with Crippen molar-refractivity contribution in [3.05, 3.63) is 106 Å². The average Bonchev–Trinajstić information content (AvgIpc) is 3.41. The summed E-state index contributed by atoms with van der Waals surface area (Å²) in [7, 11) is -2.71. The van der Waals surface area contributed by atoms with Crippen LogP contribution in [-0.2, 0) is 14.8 Å². The first-order chi connectivity index (χ1) is 18.7. The molecule has 0 bridgehead atoms. The Kier molecular flexibility index (Phi) is 8.06. The zero-order valence-corrected chi connectivity index (χ0v) is 21.8. The van der Waals surface area contributed by atoms with Crippen LogP contribution in [0, 0.1) is 17.0 Å². The molecule has 1 aromatic heterocycles. The van der Waals surface area contributed by atoms with E-state index < -0.39 is 27.4 Å². The van der Waals surface area contributed by atoms with E-state index in [9.17, 15) is 23.3 Å². The summed E-state index contributed by atoms with van der Waals surface area (Å²) in [5.74, 6) is 0.337. The molecular weight excluding hydrogens is 524 g/mol. The van der Waals surface area contributed by atoms with Crippen LogP contribution in [0.2, 0.25) is 0 Å². The van der Waals surface area contributed by atoms with E-state index in [-0.39, 0.29) is 22.0 Å². The molecule has 39 heavy (non-hydrogen) atoms. The number of nitro groups is 1. The topological polar surface area (TPSA) is 144 Å². The molecular formula is C27H24N4O7S. The smallest absolute Gasteiger partial charge is 0.269 e. The highest BCUT2D eigenvalue weighted by Crippen LogP contribution is 2.33. The molecule has 0 unspecified atom stereocenters. The number of hydrogen-bond acceptors (Lipinski definition) is 8. The van der Waals surface area contributed by atoms with E-state index in [4.69, 9.17) is 9.15 Å². The molecule has 3 aromatic carbocycles. The number of nitrogens with zero attached hydrogens (tertiary/aromatic N) is 3. The largest absolute Gasteiger partial charge is 0.495 e. The molecule has 200 valence electrons. The number of rotatable bonds is 10. The van der Waals surface area contributed by atoms with Crippen molar-refractivity contribution in [2.75, 3.05) is 18.0 Å². The summed E-state index contributed by atoms with van der Waals surface area (Å²) < 4.78 is 39.1. The molecule has 0 saturated carbocycles. The highest BCUT2D eigenvalue weighted by molar-refractivity contribution is 7.92. The summed E-state index contributed by atoms with van der Waals surface area (Å²) in [6.45, 7) is 1.23. The molecule has 0 saturated heterocycles. The lowest BCUT2D eigenvalue weighted by molar-refractivity contribution is -0.384. The second kappa shape index (κ2) is 11.6. The van der Waals surface area contributed by atoms with Crippen molar-refractivity contribution in [3.8, 4) is 17.1 Å². The van der Waals surface area contributed by atoms with Gasteiger partial charge in [0.1, 0.15) is 23.8 Å². The highest BCUT2D eigenvalue weighted by Gasteiger charge is 2.29. The van der Waals surface area contributed by atoms with E-state index in [1.54, 1.807) is 67.6 Å². The van der Waals surface area contributed by atoms with E-state index in [0.717, 1.165) is 9.87 Å². The molecule has 4 aromatic rings. The van der Waals surface area contributed by atoms with E-state index in [0.29, 0.717) is 17.1 Å². The first kappa shape index (κ1) is 27.1. The number of hydrogen-bond donors (Lipinski definition) is 1. The number of ether oxygens (including phenoxy) is 1. The summed E-state index contributed by atoms with van der Waals surface area (Å²) in [6, 6.07) is 21.9. The number of benzene rings is 3. The third-order valence-electron chi connectivity index (χ3n) is 5.59. The number of carbonyl (C=O) groups is 1. The molecule has 1 amide bonds. The van der Waals surface area contributed by atoms with Crippen molar-refractivity contribution in [2.45, 2.75) is 11.8 Å². The van der Waals surface area contributed by atoms with Gasteiger partial charge in [0.15, 0.2) is 0 Å². The number of carbonyl (C=O) groups excluding carboxylic acids is 1. The number of nitro benzene ring substituents is 1. The first-order valence-electron chi connectivity index (χ1n) is 11.6. The number of amides is 1. The fraction of sp³-hybridized carbons (Fsp3) is 0.111. The molecule has 0 aliphatic rings. The molecule has 0 spiro atoms. The number of furan rings is 1. The Balaban J connectivity index is 1.52. The van der Waals surface area contributed by atoms with Gasteiger partial charge in [-0.2, -0.15) is 5.10 Å². The third kappa shape index (κ3) is 6.30. The van der Waals surface area contributed by atoms with Gasteiger partial charge >= 0.3 is 0 Å². The second-order valence-corrected chi connectivity index (χ2v) is 10.2. The van der Waals surface area contributed by atoms with E-state index in [1.165, 1.54) is 37.6 Å². The van der Waals surface area contributed by atoms with E-state index in [1.807, 2.05) is 0 Å². The Labute approximate surface area is 224 Å². The Hall–Kier alpha value is -4.97. The average molecular weight is 549 g/mol. The summed E-state index contributed by atoms with van der Waals surface area (Å²) in [6.07, 6.45) is 1.26. The van der Waals surface area contributed by atoms with Crippen molar-refractivity contribution in [2.24, 2.45) is 5.10 Å². The van der Waals surface area contributed by atoms with Crippen LogP contribution in [0.5, 0.6) is 5.75 Å². The number of non-ortho nitro benzene ring substituents is 1. The number of anilines is 1. The van der Waals surface area contributed by atoms with Crippen LogP contribution < -0.4 is 14.5 Å². The number of methoxy groups -OCH3 is 1. The maximum absolute atomic E-state index is 13.5.